The fraction of sp³-hybridized carbons (Fsp3) is 0.294. The quantitative estimate of drug-likeness (QED) is 0.827. The molecular weight excluding hydrogens is 270 g/mol. The summed E-state index contributed by atoms with van der Waals surface area (Å²) in [5.41, 5.74) is 2.67. The van der Waals surface area contributed by atoms with Crippen molar-refractivity contribution in [3.63, 3.8) is 0 Å². The standard InChI is InChI=1S/C17H21NO.ClH/c1-18(2)17(13-14-7-5-4-6-8-14)15-9-11-16(19-3)12-10-15;/h4-12,17H,13H2,1-3H3;1H. The Morgan fingerprint density at radius 3 is 2.05 bits per heavy atom. The molecule has 0 fully saturated rings. The Labute approximate surface area is 127 Å². The molecular formula is C17H22ClNO. The van der Waals surface area contributed by atoms with Crippen LogP contribution in [-0.4, -0.2) is 26.1 Å². The second-order valence-electron chi connectivity index (χ2n) is 4.94. The van der Waals surface area contributed by atoms with E-state index in [0.29, 0.717) is 6.04 Å². The van der Waals surface area contributed by atoms with Gasteiger partial charge in [-0.25, -0.2) is 0 Å². The van der Waals surface area contributed by atoms with Crippen LogP contribution in [-0.2, 0) is 6.42 Å². The van der Waals surface area contributed by atoms with Gasteiger partial charge >= 0.3 is 0 Å². The maximum atomic E-state index is 5.21. The van der Waals surface area contributed by atoms with Crippen LogP contribution in [0.1, 0.15) is 17.2 Å². The first-order valence-electron chi connectivity index (χ1n) is 6.55. The fourth-order valence-corrected chi connectivity index (χ4v) is 2.26. The Hall–Kier alpha value is -1.51. The van der Waals surface area contributed by atoms with Crippen LogP contribution in [0.15, 0.2) is 54.6 Å². The minimum absolute atomic E-state index is 0. The Morgan fingerprint density at radius 1 is 0.950 bits per heavy atom. The van der Waals surface area contributed by atoms with Gasteiger partial charge in [-0.15, -0.1) is 12.4 Å². The highest BCUT2D eigenvalue weighted by Gasteiger charge is 2.14. The van der Waals surface area contributed by atoms with E-state index in [1.165, 1.54) is 11.1 Å². The Balaban J connectivity index is 0.00000200. The first-order valence-corrected chi connectivity index (χ1v) is 6.55. The minimum atomic E-state index is 0. The third-order valence-corrected chi connectivity index (χ3v) is 3.40. The van der Waals surface area contributed by atoms with Crippen LogP contribution in [0.25, 0.3) is 0 Å². The zero-order valence-corrected chi connectivity index (χ0v) is 13.1. The van der Waals surface area contributed by atoms with Gasteiger partial charge in [-0.1, -0.05) is 42.5 Å². The summed E-state index contributed by atoms with van der Waals surface area (Å²) in [6.45, 7) is 0. The van der Waals surface area contributed by atoms with E-state index in [4.69, 9.17) is 4.74 Å². The van der Waals surface area contributed by atoms with E-state index in [0.717, 1.165) is 12.2 Å². The third kappa shape index (κ3) is 4.26. The lowest BCUT2D eigenvalue weighted by Crippen LogP contribution is -2.22. The van der Waals surface area contributed by atoms with E-state index in [1.807, 2.05) is 12.1 Å². The number of hydrogen-bond donors (Lipinski definition) is 0. The topological polar surface area (TPSA) is 12.5 Å². The van der Waals surface area contributed by atoms with Crippen molar-refractivity contribution in [1.82, 2.24) is 4.90 Å². The van der Waals surface area contributed by atoms with Crippen molar-refractivity contribution in [2.45, 2.75) is 12.5 Å². The van der Waals surface area contributed by atoms with Gasteiger partial charge in [0.25, 0.3) is 0 Å². The van der Waals surface area contributed by atoms with Crippen molar-refractivity contribution in [3.8, 4) is 5.75 Å². The fourth-order valence-electron chi connectivity index (χ4n) is 2.26. The van der Waals surface area contributed by atoms with Gasteiger partial charge in [-0.3, -0.25) is 0 Å². The molecule has 1 unspecified atom stereocenters. The summed E-state index contributed by atoms with van der Waals surface area (Å²) in [6, 6.07) is 19.3. The number of hydrogen-bond acceptors (Lipinski definition) is 2. The minimum Gasteiger partial charge on any atom is -0.497 e. The number of rotatable bonds is 5. The van der Waals surface area contributed by atoms with Gasteiger partial charge in [0.1, 0.15) is 5.75 Å². The summed E-state index contributed by atoms with van der Waals surface area (Å²) in [4.78, 5) is 2.26. The molecule has 2 rings (SSSR count). The third-order valence-electron chi connectivity index (χ3n) is 3.40. The van der Waals surface area contributed by atoms with E-state index in [9.17, 15) is 0 Å². The van der Waals surface area contributed by atoms with Crippen molar-refractivity contribution in [3.05, 3.63) is 65.7 Å². The number of methoxy groups -OCH3 is 1. The van der Waals surface area contributed by atoms with Gasteiger partial charge in [-0.2, -0.15) is 0 Å². The molecule has 2 nitrogen and oxygen atoms in total. The summed E-state index contributed by atoms with van der Waals surface area (Å²) in [6.07, 6.45) is 1.01. The average Bonchev–Trinajstić information content (AvgIpc) is 2.46. The summed E-state index contributed by atoms with van der Waals surface area (Å²) in [5.74, 6) is 0.904. The van der Waals surface area contributed by atoms with Crippen LogP contribution in [0, 0.1) is 0 Å². The molecule has 0 N–H and O–H groups in total. The van der Waals surface area contributed by atoms with Gasteiger partial charge in [-0.05, 0) is 43.8 Å². The number of nitrogens with zero attached hydrogens (tertiary/aromatic N) is 1. The molecule has 20 heavy (non-hydrogen) atoms. The summed E-state index contributed by atoms with van der Waals surface area (Å²) < 4.78 is 5.21. The SMILES string of the molecule is COc1ccc(C(Cc2ccccc2)N(C)C)cc1.Cl. The predicted molar refractivity (Wildman–Crippen MR) is 86.8 cm³/mol. The Morgan fingerprint density at radius 2 is 1.55 bits per heavy atom. The van der Waals surface area contributed by atoms with Gasteiger partial charge < -0.3 is 9.64 Å². The number of ether oxygens (including phenoxy) is 1. The molecule has 0 heterocycles. The first kappa shape index (κ1) is 16.5. The van der Waals surface area contributed by atoms with Crippen LogP contribution in [0.5, 0.6) is 5.75 Å². The van der Waals surface area contributed by atoms with Crippen molar-refractivity contribution >= 4 is 12.4 Å². The van der Waals surface area contributed by atoms with E-state index < -0.39 is 0 Å². The molecule has 0 aliphatic rings. The Kier molecular flexibility index (Phi) is 6.56. The van der Waals surface area contributed by atoms with Crippen molar-refractivity contribution in [1.29, 1.82) is 0 Å². The molecule has 0 amide bonds. The number of likely N-dealkylation sites (N-methyl/N-ethyl adjacent to an activating group) is 1. The monoisotopic (exact) mass is 291 g/mol. The molecule has 0 spiro atoms. The maximum absolute atomic E-state index is 5.21. The second kappa shape index (κ2) is 7.93. The smallest absolute Gasteiger partial charge is 0.118 e. The highest BCUT2D eigenvalue weighted by atomic mass is 35.5. The van der Waals surface area contributed by atoms with E-state index in [-0.39, 0.29) is 12.4 Å². The van der Waals surface area contributed by atoms with Gasteiger partial charge in [0.05, 0.1) is 7.11 Å². The molecule has 0 aliphatic heterocycles. The lowest BCUT2D eigenvalue weighted by Gasteiger charge is -2.25. The molecule has 0 radical (unpaired) electrons. The van der Waals surface area contributed by atoms with Crippen LogP contribution in [0.3, 0.4) is 0 Å². The summed E-state index contributed by atoms with van der Waals surface area (Å²) >= 11 is 0. The van der Waals surface area contributed by atoms with Gasteiger partial charge in [0.2, 0.25) is 0 Å². The molecule has 0 saturated carbocycles. The molecule has 0 aromatic heterocycles. The average molecular weight is 292 g/mol. The normalized spacial score (nSPS) is 11.8. The summed E-state index contributed by atoms with van der Waals surface area (Å²) in [7, 11) is 5.94. The van der Waals surface area contributed by atoms with Crippen molar-refractivity contribution < 1.29 is 4.74 Å². The van der Waals surface area contributed by atoms with E-state index in [1.54, 1.807) is 7.11 Å². The molecule has 2 aromatic rings. The number of benzene rings is 2. The van der Waals surface area contributed by atoms with Crippen LogP contribution in [0.4, 0.5) is 0 Å². The lowest BCUT2D eigenvalue weighted by molar-refractivity contribution is 0.297. The molecule has 0 bridgehead atoms. The number of halogens is 1. The van der Waals surface area contributed by atoms with Crippen molar-refractivity contribution in [2.24, 2.45) is 0 Å². The molecule has 2 aromatic carbocycles. The highest BCUT2D eigenvalue weighted by molar-refractivity contribution is 5.85. The zero-order chi connectivity index (χ0) is 13.7. The van der Waals surface area contributed by atoms with Crippen LogP contribution < -0.4 is 4.74 Å². The van der Waals surface area contributed by atoms with Gasteiger partial charge in [0, 0.05) is 6.04 Å². The van der Waals surface area contributed by atoms with Crippen LogP contribution >= 0.6 is 12.4 Å². The van der Waals surface area contributed by atoms with Gasteiger partial charge in [0.15, 0.2) is 0 Å². The zero-order valence-electron chi connectivity index (χ0n) is 12.2. The first-order chi connectivity index (χ1) is 9.20. The highest BCUT2D eigenvalue weighted by Crippen LogP contribution is 2.24. The van der Waals surface area contributed by atoms with Crippen LogP contribution in [0.2, 0.25) is 0 Å². The van der Waals surface area contributed by atoms with E-state index >= 15 is 0 Å². The second-order valence-corrected chi connectivity index (χ2v) is 4.94. The molecule has 108 valence electrons. The van der Waals surface area contributed by atoms with E-state index in [2.05, 4.69) is 61.5 Å². The maximum Gasteiger partial charge on any atom is 0.118 e. The summed E-state index contributed by atoms with van der Waals surface area (Å²) in [5, 5.41) is 0. The van der Waals surface area contributed by atoms with Crippen molar-refractivity contribution in [2.75, 3.05) is 21.2 Å². The Bertz CT molecular complexity index is 496. The molecule has 0 aliphatic carbocycles. The molecule has 1 atom stereocenters. The predicted octanol–water partition coefficient (Wildman–Crippen LogP) is 3.96. The molecule has 0 saturated heterocycles. The largest absolute Gasteiger partial charge is 0.497 e. The lowest BCUT2D eigenvalue weighted by atomic mass is 9.98. The molecule has 3 heteroatoms.